The van der Waals surface area contributed by atoms with Gasteiger partial charge in [-0.3, -0.25) is 23.5 Å². The van der Waals surface area contributed by atoms with Gasteiger partial charge in [0.05, 0.1) is 0 Å². The number of aryl methyl sites for hydroxylation is 3. The first-order valence-corrected chi connectivity index (χ1v) is 10.6. The third kappa shape index (κ3) is 3.95. The van der Waals surface area contributed by atoms with Gasteiger partial charge in [0.15, 0.2) is 11.2 Å². The second-order valence-electron chi connectivity index (χ2n) is 8.42. The Hall–Kier alpha value is -3.68. The summed E-state index contributed by atoms with van der Waals surface area (Å²) in [5.41, 5.74) is 2.97. The van der Waals surface area contributed by atoms with Crippen LogP contribution in [0.3, 0.4) is 0 Å². The van der Waals surface area contributed by atoms with Gasteiger partial charge in [-0.2, -0.15) is 4.98 Å². The summed E-state index contributed by atoms with van der Waals surface area (Å²) in [6.07, 6.45) is 2.63. The van der Waals surface area contributed by atoms with Gasteiger partial charge in [0.2, 0.25) is 0 Å². The van der Waals surface area contributed by atoms with Crippen LogP contribution in [-0.4, -0.2) is 23.7 Å². The van der Waals surface area contributed by atoms with Gasteiger partial charge in [-0.1, -0.05) is 26.0 Å². The van der Waals surface area contributed by atoms with E-state index in [0.29, 0.717) is 35.4 Å². The predicted octanol–water partition coefficient (Wildman–Crippen LogP) is 3.64. The molecular formula is C24H27N5O3. The molecule has 3 heterocycles. The van der Waals surface area contributed by atoms with Crippen LogP contribution in [0, 0.1) is 12.8 Å². The van der Waals surface area contributed by atoms with Gasteiger partial charge in [-0.15, -0.1) is 0 Å². The standard InChI is InChI=1S/C24H27N5O3/c1-15(2)11-13-29-20-21(27(4)24(31)28(5)22(20)30)26-23(29)32-19-8-6-17(7-9-19)18-10-12-25-16(3)14-18/h6-10,12,14-15H,11,13H2,1-5H3. The number of imidazole rings is 1. The summed E-state index contributed by atoms with van der Waals surface area (Å²) in [5, 5.41) is 0. The third-order valence-corrected chi connectivity index (χ3v) is 5.54. The fourth-order valence-electron chi connectivity index (χ4n) is 3.65. The molecule has 0 N–H and O–H groups in total. The summed E-state index contributed by atoms with van der Waals surface area (Å²) in [7, 11) is 3.09. The number of nitrogens with zero attached hydrogens (tertiary/aromatic N) is 5. The van der Waals surface area contributed by atoms with E-state index < -0.39 is 5.69 Å². The first kappa shape index (κ1) is 21.5. The Morgan fingerprint density at radius 3 is 2.38 bits per heavy atom. The smallest absolute Gasteiger partial charge is 0.332 e. The van der Waals surface area contributed by atoms with E-state index in [1.54, 1.807) is 17.8 Å². The Morgan fingerprint density at radius 1 is 1.00 bits per heavy atom. The molecule has 4 aromatic rings. The van der Waals surface area contributed by atoms with Crippen LogP contribution in [0.1, 0.15) is 26.0 Å². The molecular weight excluding hydrogens is 406 g/mol. The Bertz CT molecular complexity index is 1390. The molecule has 0 fully saturated rings. The van der Waals surface area contributed by atoms with E-state index in [-0.39, 0.29) is 5.56 Å². The minimum atomic E-state index is -0.417. The van der Waals surface area contributed by atoms with Crippen LogP contribution in [0.15, 0.2) is 52.2 Å². The molecule has 0 spiro atoms. The quantitative estimate of drug-likeness (QED) is 0.464. The van der Waals surface area contributed by atoms with Crippen molar-refractivity contribution in [2.75, 3.05) is 0 Å². The first-order valence-electron chi connectivity index (χ1n) is 10.6. The second-order valence-corrected chi connectivity index (χ2v) is 8.42. The fraction of sp³-hybridized carbons (Fsp3) is 0.333. The molecule has 0 atom stereocenters. The molecule has 0 aliphatic carbocycles. The van der Waals surface area contributed by atoms with Gasteiger partial charge in [0.25, 0.3) is 5.56 Å². The van der Waals surface area contributed by atoms with E-state index in [1.807, 2.05) is 43.3 Å². The van der Waals surface area contributed by atoms with Crippen molar-refractivity contribution in [2.24, 2.45) is 20.0 Å². The number of rotatable bonds is 6. The minimum absolute atomic E-state index is 0.298. The molecule has 166 valence electrons. The Morgan fingerprint density at radius 2 is 1.72 bits per heavy atom. The highest BCUT2D eigenvalue weighted by Gasteiger charge is 2.20. The summed E-state index contributed by atoms with van der Waals surface area (Å²) in [6, 6.07) is 12.0. The number of aromatic nitrogens is 5. The van der Waals surface area contributed by atoms with E-state index in [1.165, 1.54) is 11.6 Å². The maximum Gasteiger partial charge on any atom is 0.332 e. The zero-order valence-corrected chi connectivity index (χ0v) is 19.0. The molecule has 8 nitrogen and oxygen atoms in total. The largest absolute Gasteiger partial charge is 0.425 e. The summed E-state index contributed by atoms with van der Waals surface area (Å²) in [5.74, 6) is 1.03. The van der Waals surface area contributed by atoms with E-state index in [9.17, 15) is 9.59 Å². The molecule has 1 aromatic carbocycles. The zero-order chi connectivity index (χ0) is 23.0. The lowest BCUT2D eigenvalue weighted by Gasteiger charge is -2.12. The van der Waals surface area contributed by atoms with E-state index in [0.717, 1.165) is 27.8 Å². The van der Waals surface area contributed by atoms with Crippen LogP contribution in [0.5, 0.6) is 11.8 Å². The maximum absolute atomic E-state index is 12.9. The van der Waals surface area contributed by atoms with Crippen molar-refractivity contribution >= 4 is 11.2 Å². The average Bonchev–Trinajstić information content (AvgIpc) is 3.13. The Labute approximate surface area is 185 Å². The van der Waals surface area contributed by atoms with Crippen LogP contribution in [0.25, 0.3) is 22.3 Å². The lowest BCUT2D eigenvalue weighted by molar-refractivity contribution is 0.401. The lowest BCUT2D eigenvalue weighted by atomic mass is 10.1. The monoisotopic (exact) mass is 433 g/mol. The van der Waals surface area contributed by atoms with Gasteiger partial charge >= 0.3 is 11.7 Å². The van der Waals surface area contributed by atoms with E-state index in [2.05, 4.69) is 23.8 Å². The van der Waals surface area contributed by atoms with Crippen LogP contribution in [-0.2, 0) is 20.6 Å². The summed E-state index contributed by atoms with van der Waals surface area (Å²) >= 11 is 0. The average molecular weight is 434 g/mol. The molecule has 0 radical (unpaired) electrons. The number of pyridine rings is 1. The Kier molecular flexibility index (Phi) is 5.69. The molecule has 0 amide bonds. The van der Waals surface area contributed by atoms with Crippen LogP contribution in [0.2, 0.25) is 0 Å². The van der Waals surface area contributed by atoms with Gasteiger partial charge in [-0.05, 0) is 54.7 Å². The maximum atomic E-state index is 12.9. The highest BCUT2D eigenvalue weighted by molar-refractivity contribution is 5.72. The highest BCUT2D eigenvalue weighted by atomic mass is 16.5. The number of hydrogen-bond donors (Lipinski definition) is 0. The molecule has 0 bridgehead atoms. The van der Waals surface area contributed by atoms with E-state index >= 15 is 0 Å². The van der Waals surface area contributed by atoms with Gasteiger partial charge < -0.3 is 4.74 Å². The van der Waals surface area contributed by atoms with Gasteiger partial charge in [0, 0.05) is 32.5 Å². The number of ether oxygens (including phenoxy) is 1. The molecule has 8 heteroatoms. The number of fused-ring (bicyclic) bond motifs is 1. The van der Waals surface area contributed by atoms with Crippen molar-refractivity contribution in [3.8, 4) is 22.9 Å². The van der Waals surface area contributed by atoms with Crippen molar-refractivity contribution in [3.63, 3.8) is 0 Å². The van der Waals surface area contributed by atoms with Crippen LogP contribution in [0.4, 0.5) is 0 Å². The first-order chi connectivity index (χ1) is 15.3. The number of benzene rings is 1. The molecule has 32 heavy (non-hydrogen) atoms. The molecule has 0 saturated carbocycles. The van der Waals surface area contributed by atoms with Crippen LogP contribution < -0.4 is 16.0 Å². The summed E-state index contributed by atoms with van der Waals surface area (Å²) in [4.78, 5) is 34.0. The molecule has 0 unspecified atom stereocenters. The highest BCUT2D eigenvalue weighted by Crippen LogP contribution is 2.27. The van der Waals surface area contributed by atoms with Crippen molar-refractivity contribution in [3.05, 3.63) is 69.1 Å². The van der Waals surface area contributed by atoms with Crippen LogP contribution >= 0.6 is 0 Å². The lowest BCUT2D eigenvalue weighted by Crippen LogP contribution is -2.37. The molecule has 0 aliphatic heterocycles. The normalized spacial score (nSPS) is 11.4. The SMILES string of the molecule is Cc1cc(-c2ccc(Oc3nc4c(c(=O)n(C)c(=O)n4C)n3CCC(C)C)cc2)ccn1. The van der Waals surface area contributed by atoms with Crippen molar-refractivity contribution < 1.29 is 4.74 Å². The summed E-state index contributed by atoms with van der Waals surface area (Å²) < 4.78 is 10.4. The molecule has 0 aliphatic rings. The second kappa shape index (κ2) is 8.45. The topological polar surface area (TPSA) is 83.9 Å². The molecule has 0 saturated heterocycles. The molecule has 4 rings (SSSR count). The van der Waals surface area contributed by atoms with Gasteiger partial charge in [-0.25, -0.2) is 4.79 Å². The van der Waals surface area contributed by atoms with Crippen molar-refractivity contribution in [2.45, 2.75) is 33.7 Å². The van der Waals surface area contributed by atoms with Crippen molar-refractivity contribution in [1.29, 1.82) is 0 Å². The summed E-state index contributed by atoms with van der Waals surface area (Å²) in [6.45, 7) is 6.76. The Balaban J connectivity index is 1.76. The van der Waals surface area contributed by atoms with Crippen molar-refractivity contribution in [1.82, 2.24) is 23.7 Å². The number of hydrogen-bond acceptors (Lipinski definition) is 5. The zero-order valence-electron chi connectivity index (χ0n) is 19.0. The van der Waals surface area contributed by atoms with Gasteiger partial charge in [0.1, 0.15) is 5.75 Å². The third-order valence-electron chi connectivity index (χ3n) is 5.54. The fourth-order valence-corrected chi connectivity index (χ4v) is 3.65. The minimum Gasteiger partial charge on any atom is -0.425 e. The predicted molar refractivity (Wildman–Crippen MR) is 124 cm³/mol. The van der Waals surface area contributed by atoms with E-state index in [4.69, 9.17) is 4.74 Å². The molecule has 3 aromatic heterocycles.